The van der Waals surface area contributed by atoms with Crippen LogP contribution >= 0.6 is 0 Å². The van der Waals surface area contributed by atoms with Gasteiger partial charge in [-0.15, -0.1) is 0 Å². The van der Waals surface area contributed by atoms with E-state index in [1.54, 1.807) is 12.1 Å². The van der Waals surface area contributed by atoms with Crippen molar-refractivity contribution in [2.45, 2.75) is 25.8 Å². The van der Waals surface area contributed by atoms with E-state index in [4.69, 9.17) is 5.11 Å². The summed E-state index contributed by atoms with van der Waals surface area (Å²) in [7, 11) is 0. The molecule has 1 rings (SSSR count). The highest BCUT2D eigenvalue weighted by Crippen LogP contribution is 2.16. The van der Waals surface area contributed by atoms with E-state index in [0.717, 1.165) is 18.5 Å². The highest BCUT2D eigenvalue weighted by Gasteiger charge is 2.05. The van der Waals surface area contributed by atoms with Crippen molar-refractivity contribution in [2.24, 2.45) is 0 Å². The molecular weight excluding hydrogens is 208 g/mol. The molecule has 0 heterocycles. The topological polar surface area (TPSA) is 75.4 Å². The fraction of sp³-hybridized carbons (Fsp3) is 0.455. The Morgan fingerprint density at radius 2 is 2.06 bits per heavy atom. The largest absolute Gasteiger partial charge is 0.396 e. The molecule has 0 aliphatic rings. The Hall–Kier alpha value is -1.62. The zero-order chi connectivity index (χ0) is 12.0. The maximum atomic E-state index is 10.4. The van der Waals surface area contributed by atoms with Crippen LogP contribution in [0.1, 0.15) is 19.8 Å². The molecule has 0 amide bonds. The number of nitro groups is 1. The van der Waals surface area contributed by atoms with E-state index >= 15 is 0 Å². The lowest BCUT2D eigenvalue weighted by atomic mass is 10.2. The second kappa shape index (κ2) is 6.07. The third-order valence-electron chi connectivity index (χ3n) is 2.29. The van der Waals surface area contributed by atoms with Crippen molar-refractivity contribution in [3.8, 4) is 0 Å². The summed E-state index contributed by atoms with van der Waals surface area (Å²) in [6, 6.07) is 6.57. The Morgan fingerprint density at radius 3 is 2.56 bits per heavy atom. The summed E-state index contributed by atoms with van der Waals surface area (Å²) in [6.07, 6.45) is 1.62. The lowest BCUT2D eigenvalue weighted by Gasteiger charge is -2.14. The molecule has 0 aromatic heterocycles. The van der Waals surface area contributed by atoms with Crippen LogP contribution < -0.4 is 5.32 Å². The van der Waals surface area contributed by atoms with Gasteiger partial charge in [-0.25, -0.2) is 0 Å². The van der Waals surface area contributed by atoms with Gasteiger partial charge in [0.2, 0.25) is 0 Å². The van der Waals surface area contributed by atoms with Crippen LogP contribution in [0.25, 0.3) is 0 Å². The van der Waals surface area contributed by atoms with Crippen molar-refractivity contribution in [2.75, 3.05) is 11.9 Å². The zero-order valence-electron chi connectivity index (χ0n) is 9.22. The minimum absolute atomic E-state index is 0.0913. The van der Waals surface area contributed by atoms with Gasteiger partial charge in [0.15, 0.2) is 0 Å². The number of benzene rings is 1. The van der Waals surface area contributed by atoms with Gasteiger partial charge in [-0.2, -0.15) is 0 Å². The second-order valence-electron chi connectivity index (χ2n) is 3.72. The van der Waals surface area contributed by atoms with Crippen LogP contribution in [0.5, 0.6) is 0 Å². The summed E-state index contributed by atoms with van der Waals surface area (Å²) in [4.78, 5) is 10.0. The fourth-order valence-corrected chi connectivity index (χ4v) is 1.43. The monoisotopic (exact) mass is 224 g/mol. The van der Waals surface area contributed by atoms with Crippen molar-refractivity contribution in [1.82, 2.24) is 0 Å². The van der Waals surface area contributed by atoms with Crippen molar-refractivity contribution in [3.63, 3.8) is 0 Å². The molecule has 1 unspecified atom stereocenters. The second-order valence-corrected chi connectivity index (χ2v) is 3.72. The standard InChI is InChI=1S/C11H16N2O3/c1-9(3-2-8-14)12-10-4-6-11(7-5-10)13(15)16/h4-7,9,12,14H,2-3,8H2,1H3. The molecule has 1 aromatic carbocycles. The van der Waals surface area contributed by atoms with Crippen LogP contribution in [0.2, 0.25) is 0 Å². The van der Waals surface area contributed by atoms with Crippen LogP contribution in [-0.4, -0.2) is 22.7 Å². The van der Waals surface area contributed by atoms with E-state index in [0.29, 0.717) is 0 Å². The Kier molecular flexibility index (Phi) is 4.72. The maximum Gasteiger partial charge on any atom is 0.269 e. The van der Waals surface area contributed by atoms with E-state index in [-0.39, 0.29) is 18.3 Å². The normalized spacial score (nSPS) is 12.1. The predicted molar refractivity (Wildman–Crippen MR) is 62.5 cm³/mol. The first-order valence-corrected chi connectivity index (χ1v) is 5.25. The molecule has 0 saturated heterocycles. The molecule has 5 heteroatoms. The highest BCUT2D eigenvalue weighted by atomic mass is 16.6. The number of anilines is 1. The van der Waals surface area contributed by atoms with Gasteiger partial charge in [0.1, 0.15) is 0 Å². The van der Waals surface area contributed by atoms with E-state index in [2.05, 4.69) is 5.32 Å². The summed E-state index contributed by atoms with van der Waals surface area (Å²) >= 11 is 0. The number of aliphatic hydroxyl groups excluding tert-OH is 1. The summed E-state index contributed by atoms with van der Waals surface area (Å²) in [5.74, 6) is 0. The summed E-state index contributed by atoms with van der Waals surface area (Å²) in [5.41, 5.74) is 0.949. The van der Waals surface area contributed by atoms with Crippen molar-refractivity contribution in [1.29, 1.82) is 0 Å². The van der Waals surface area contributed by atoms with Crippen molar-refractivity contribution < 1.29 is 10.0 Å². The van der Waals surface area contributed by atoms with Gasteiger partial charge in [-0.3, -0.25) is 10.1 Å². The molecule has 0 saturated carbocycles. The zero-order valence-corrected chi connectivity index (χ0v) is 9.22. The molecule has 0 aliphatic heterocycles. The third-order valence-corrected chi connectivity index (χ3v) is 2.29. The quantitative estimate of drug-likeness (QED) is 0.573. The summed E-state index contributed by atoms with van der Waals surface area (Å²) in [5, 5.41) is 22.3. The third kappa shape index (κ3) is 3.86. The molecular formula is C11H16N2O3. The first-order chi connectivity index (χ1) is 7.63. The minimum Gasteiger partial charge on any atom is -0.396 e. The van der Waals surface area contributed by atoms with Gasteiger partial charge in [0, 0.05) is 30.5 Å². The van der Waals surface area contributed by atoms with Crippen LogP contribution in [0.15, 0.2) is 24.3 Å². The van der Waals surface area contributed by atoms with Gasteiger partial charge in [0.25, 0.3) is 5.69 Å². The summed E-state index contributed by atoms with van der Waals surface area (Å²) in [6.45, 7) is 2.20. The van der Waals surface area contributed by atoms with Gasteiger partial charge in [-0.05, 0) is 31.9 Å². The van der Waals surface area contributed by atoms with Crippen molar-refractivity contribution >= 4 is 11.4 Å². The molecule has 0 aliphatic carbocycles. The Labute approximate surface area is 94.3 Å². The Morgan fingerprint density at radius 1 is 1.44 bits per heavy atom. The number of aliphatic hydroxyl groups is 1. The fourth-order valence-electron chi connectivity index (χ4n) is 1.43. The van der Waals surface area contributed by atoms with E-state index in [9.17, 15) is 10.1 Å². The number of nitro benzene ring substituents is 1. The van der Waals surface area contributed by atoms with Crippen LogP contribution in [-0.2, 0) is 0 Å². The Bertz CT molecular complexity index is 338. The van der Waals surface area contributed by atoms with Crippen LogP contribution in [0.4, 0.5) is 11.4 Å². The molecule has 0 spiro atoms. The average Bonchev–Trinajstić information content (AvgIpc) is 2.27. The van der Waals surface area contributed by atoms with Gasteiger partial charge >= 0.3 is 0 Å². The maximum absolute atomic E-state index is 10.4. The number of hydrogen-bond donors (Lipinski definition) is 2. The lowest BCUT2D eigenvalue weighted by molar-refractivity contribution is -0.384. The van der Waals surface area contributed by atoms with E-state index < -0.39 is 4.92 Å². The molecule has 1 atom stereocenters. The molecule has 0 radical (unpaired) electrons. The SMILES string of the molecule is CC(CCCO)Nc1ccc([N+](=O)[O-])cc1. The van der Waals surface area contributed by atoms with Gasteiger partial charge in [-0.1, -0.05) is 0 Å². The average molecular weight is 224 g/mol. The number of nitrogens with one attached hydrogen (secondary N) is 1. The molecule has 2 N–H and O–H groups in total. The number of nitrogens with zero attached hydrogens (tertiary/aromatic N) is 1. The molecule has 1 aromatic rings. The van der Waals surface area contributed by atoms with E-state index in [1.807, 2.05) is 6.92 Å². The molecule has 16 heavy (non-hydrogen) atoms. The van der Waals surface area contributed by atoms with Crippen molar-refractivity contribution in [3.05, 3.63) is 34.4 Å². The first kappa shape index (κ1) is 12.4. The van der Waals surface area contributed by atoms with Gasteiger partial charge in [0.05, 0.1) is 4.92 Å². The molecule has 5 nitrogen and oxygen atoms in total. The Balaban J connectivity index is 2.51. The molecule has 0 fully saturated rings. The van der Waals surface area contributed by atoms with Crippen LogP contribution in [0, 0.1) is 10.1 Å². The predicted octanol–water partition coefficient (Wildman–Crippen LogP) is 2.17. The minimum atomic E-state index is -0.418. The first-order valence-electron chi connectivity index (χ1n) is 5.25. The number of rotatable bonds is 6. The molecule has 88 valence electrons. The number of non-ortho nitro benzene ring substituents is 1. The van der Waals surface area contributed by atoms with E-state index in [1.165, 1.54) is 12.1 Å². The summed E-state index contributed by atoms with van der Waals surface area (Å²) < 4.78 is 0. The molecule has 0 bridgehead atoms. The highest BCUT2D eigenvalue weighted by molar-refractivity contribution is 5.48. The van der Waals surface area contributed by atoms with Gasteiger partial charge < -0.3 is 10.4 Å². The smallest absolute Gasteiger partial charge is 0.269 e. The lowest BCUT2D eigenvalue weighted by Crippen LogP contribution is -2.15. The number of hydrogen-bond acceptors (Lipinski definition) is 4. The van der Waals surface area contributed by atoms with Crippen LogP contribution in [0.3, 0.4) is 0 Å².